The number of nitrogens with one attached hydrogen (secondary N) is 1. The van der Waals surface area contributed by atoms with Crippen LogP contribution in [0.1, 0.15) is 50.3 Å². The maximum Gasteiger partial charge on any atom is 0.117 e. The second-order valence-electron chi connectivity index (χ2n) is 6.50. The van der Waals surface area contributed by atoms with E-state index in [2.05, 4.69) is 22.9 Å². The minimum atomic E-state index is 0.388. The first-order valence-electron chi connectivity index (χ1n) is 8.23. The van der Waals surface area contributed by atoms with Crippen LogP contribution in [0.2, 0.25) is 0 Å². The number of aromatic nitrogens is 1. The topological polar surface area (TPSA) is 52.0 Å². The molecular weight excluding hydrogens is 262 g/mol. The molecule has 2 fully saturated rings. The Kier molecular flexibility index (Phi) is 4.62. The van der Waals surface area contributed by atoms with Crippen molar-refractivity contribution >= 4 is 0 Å². The average molecular weight is 287 g/mol. The lowest BCUT2D eigenvalue weighted by atomic mass is 10.1. The third-order valence-electron chi connectivity index (χ3n) is 4.56. The minimum absolute atomic E-state index is 0.388. The van der Waals surface area contributed by atoms with Gasteiger partial charge in [-0.05, 0) is 36.8 Å². The number of rotatable bonds is 6. The van der Waals surface area contributed by atoms with Gasteiger partial charge in [-0.25, -0.2) is 0 Å². The fourth-order valence-electron chi connectivity index (χ4n) is 3.25. The van der Waals surface area contributed by atoms with E-state index in [9.17, 15) is 0 Å². The predicted octanol–water partition coefficient (Wildman–Crippen LogP) is 3.06. The highest BCUT2D eigenvalue weighted by Crippen LogP contribution is 2.37. The monoisotopic (exact) mass is 287 g/mol. The summed E-state index contributed by atoms with van der Waals surface area (Å²) in [4.78, 5) is 5.53. The van der Waals surface area contributed by atoms with Crippen molar-refractivity contribution < 1.29 is 4.74 Å². The molecule has 1 aliphatic heterocycles. The van der Waals surface area contributed by atoms with Crippen LogP contribution in [0, 0.1) is 17.2 Å². The SMILES string of the molecule is CCCC[C@@H]1CN(Cc2c[nH]c(C#N)c2)C[C@H](C2CC2)O1. The molecule has 4 nitrogen and oxygen atoms in total. The molecule has 114 valence electrons. The van der Waals surface area contributed by atoms with Crippen LogP contribution in [-0.4, -0.2) is 35.2 Å². The van der Waals surface area contributed by atoms with E-state index >= 15 is 0 Å². The fraction of sp³-hybridized carbons (Fsp3) is 0.706. The van der Waals surface area contributed by atoms with E-state index in [4.69, 9.17) is 10.00 Å². The fourth-order valence-corrected chi connectivity index (χ4v) is 3.25. The summed E-state index contributed by atoms with van der Waals surface area (Å²) in [5.41, 5.74) is 1.86. The van der Waals surface area contributed by atoms with Gasteiger partial charge in [-0.3, -0.25) is 4.90 Å². The van der Waals surface area contributed by atoms with Gasteiger partial charge in [0.15, 0.2) is 0 Å². The highest BCUT2D eigenvalue weighted by atomic mass is 16.5. The van der Waals surface area contributed by atoms with Crippen molar-refractivity contribution in [2.45, 2.75) is 57.8 Å². The van der Waals surface area contributed by atoms with Gasteiger partial charge in [0, 0.05) is 25.8 Å². The largest absolute Gasteiger partial charge is 0.372 e. The van der Waals surface area contributed by atoms with Gasteiger partial charge in [0.2, 0.25) is 0 Å². The molecule has 2 aliphatic rings. The quantitative estimate of drug-likeness (QED) is 0.875. The Morgan fingerprint density at radius 3 is 2.95 bits per heavy atom. The number of unbranched alkanes of at least 4 members (excludes halogenated alkanes) is 1. The Balaban J connectivity index is 1.60. The summed E-state index contributed by atoms with van der Waals surface area (Å²) in [6.07, 6.45) is 9.10. The third kappa shape index (κ3) is 3.87. The Labute approximate surface area is 127 Å². The van der Waals surface area contributed by atoms with Crippen LogP contribution in [0.25, 0.3) is 0 Å². The molecule has 21 heavy (non-hydrogen) atoms. The number of nitriles is 1. The Morgan fingerprint density at radius 1 is 1.43 bits per heavy atom. The van der Waals surface area contributed by atoms with Crippen molar-refractivity contribution in [1.29, 1.82) is 5.26 Å². The third-order valence-corrected chi connectivity index (χ3v) is 4.56. The van der Waals surface area contributed by atoms with E-state index in [1.54, 1.807) is 0 Å². The first kappa shape index (κ1) is 14.6. The zero-order valence-corrected chi connectivity index (χ0v) is 12.8. The number of H-pyrrole nitrogens is 1. The number of hydrogen-bond donors (Lipinski definition) is 1. The number of hydrogen-bond acceptors (Lipinski definition) is 3. The number of nitrogens with zero attached hydrogens (tertiary/aromatic N) is 2. The van der Waals surface area contributed by atoms with E-state index in [-0.39, 0.29) is 0 Å². The van der Waals surface area contributed by atoms with E-state index in [1.807, 2.05) is 12.3 Å². The molecule has 4 heteroatoms. The van der Waals surface area contributed by atoms with Gasteiger partial charge < -0.3 is 9.72 Å². The van der Waals surface area contributed by atoms with Crippen molar-refractivity contribution in [2.24, 2.45) is 5.92 Å². The second-order valence-corrected chi connectivity index (χ2v) is 6.50. The van der Waals surface area contributed by atoms with Gasteiger partial charge in [-0.2, -0.15) is 5.26 Å². The molecule has 1 saturated heterocycles. The molecule has 1 N–H and O–H groups in total. The van der Waals surface area contributed by atoms with E-state index in [0.717, 1.165) is 25.6 Å². The van der Waals surface area contributed by atoms with Crippen LogP contribution in [0.3, 0.4) is 0 Å². The van der Waals surface area contributed by atoms with E-state index in [1.165, 1.54) is 37.7 Å². The summed E-state index contributed by atoms with van der Waals surface area (Å²) in [5.74, 6) is 0.790. The summed E-state index contributed by atoms with van der Waals surface area (Å²) < 4.78 is 6.30. The number of ether oxygens (including phenoxy) is 1. The maximum absolute atomic E-state index is 8.90. The molecule has 1 aromatic rings. The van der Waals surface area contributed by atoms with Crippen molar-refractivity contribution in [3.05, 3.63) is 23.5 Å². The smallest absolute Gasteiger partial charge is 0.117 e. The van der Waals surface area contributed by atoms with Gasteiger partial charge in [0.25, 0.3) is 0 Å². The molecule has 0 bridgehead atoms. The minimum Gasteiger partial charge on any atom is -0.372 e. The normalized spacial score (nSPS) is 26.7. The van der Waals surface area contributed by atoms with Gasteiger partial charge in [0.05, 0.1) is 12.2 Å². The molecule has 2 heterocycles. The zero-order valence-electron chi connectivity index (χ0n) is 12.8. The first-order chi connectivity index (χ1) is 10.3. The molecule has 0 aromatic carbocycles. The van der Waals surface area contributed by atoms with Crippen molar-refractivity contribution in [3.63, 3.8) is 0 Å². The Morgan fingerprint density at radius 2 is 2.29 bits per heavy atom. The standard InChI is InChI=1S/C17H25N3O/c1-2-3-4-16-11-20(12-17(21-16)14-5-6-14)10-13-7-15(8-18)19-9-13/h7,9,14,16-17,19H,2-6,10-12H2,1H3/t16-,17-/m1/s1. The molecule has 0 amide bonds. The van der Waals surface area contributed by atoms with Gasteiger partial charge in [-0.1, -0.05) is 19.8 Å². The molecule has 1 aromatic heterocycles. The maximum atomic E-state index is 8.90. The number of aromatic amines is 1. The lowest BCUT2D eigenvalue weighted by Crippen LogP contribution is -2.47. The molecule has 0 unspecified atom stereocenters. The van der Waals surface area contributed by atoms with E-state index in [0.29, 0.717) is 17.9 Å². The van der Waals surface area contributed by atoms with Gasteiger partial charge in [0.1, 0.15) is 11.8 Å². The molecule has 2 atom stereocenters. The zero-order chi connectivity index (χ0) is 14.7. The molecule has 0 radical (unpaired) electrons. The summed E-state index contributed by atoms with van der Waals surface area (Å²) in [7, 11) is 0. The molecule has 1 aliphatic carbocycles. The highest BCUT2D eigenvalue weighted by molar-refractivity contribution is 5.26. The molecular formula is C17H25N3O. The lowest BCUT2D eigenvalue weighted by Gasteiger charge is -2.38. The van der Waals surface area contributed by atoms with Crippen molar-refractivity contribution in [3.8, 4) is 6.07 Å². The van der Waals surface area contributed by atoms with Crippen molar-refractivity contribution in [2.75, 3.05) is 13.1 Å². The Hall–Kier alpha value is -1.31. The summed E-state index contributed by atoms with van der Waals surface area (Å²) >= 11 is 0. The number of morpholine rings is 1. The van der Waals surface area contributed by atoms with Crippen LogP contribution in [0.5, 0.6) is 0 Å². The predicted molar refractivity (Wildman–Crippen MR) is 81.7 cm³/mol. The van der Waals surface area contributed by atoms with Crippen LogP contribution in [0.15, 0.2) is 12.3 Å². The highest BCUT2D eigenvalue weighted by Gasteiger charge is 2.38. The van der Waals surface area contributed by atoms with Crippen LogP contribution < -0.4 is 0 Å². The summed E-state index contributed by atoms with van der Waals surface area (Å²) in [6.45, 7) is 5.23. The average Bonchev–Trinajstić information content (AvgIpc) is 3.26. The molecule has 1 saturated carbocycles. The van der Waals surface area contributed by atoms with Crippen LogP contribution >= 0.6 is 0 Å². The van der Waals surface area contributed by atoms with Crippen LogP contribution in [0.4, 0.5) is 0 Å². The van der Waals surface area contributed by atoms with Crippen LogP contribution in [-0.2, 0) is 11.3 Å². The van der Waals surface area contributed by atoms with Gasteiger partial charge in [-0.15, -0.1) is 0 Å². The summed E-state index contributed by atoms with van der Waals surface area (Å²) in [5, 5.41) is 8.90. The van der Waals surface area contributed by atoms with E-state index < -0.39 is 0 Å². The van der Waals surface area contributed by atoms with Gasteiger partial charge >= 0.3 is 0 Å². The first-order valence-corrected chi connectivity index (χ1v) is 8.23. The molecule has 0 spiro atoms. The van der Waals surface area contributed by atoms with Crippen molar-refractivity contribution in [1.82, 2.24) is 9.88 Å². The summed E-state index contributed by atoms with van der Waals surface area (Å²) in [6, 6.07) is 4.12. The lowest BCUT2D eigenvalue weighted by molar-refractivity contribution is -0.0993. The Bertz CT molecular complexity index is 500. The molecule has 3 rings (SSSR count). The second kappa shape index (κ2) is 6.64.